The minimum atomic E-state index is -1.01. The van der Waals surface area contributed by atoms with Gasteiger partial charge in [-0.3, -0.25) is 0 Å². The molecule has 0 aliphatic rings. The van der Waals surface area contributed by atoms with Gasteiger partial charge in [-0.1, -0.05) is 45.2 Å². The zero-order chi connectivity index (χ0) is 13.3. The average Bonchev–Trinajstić information content (AvgIpc) is 2.32. The molecule has 0 atom stereocenters. The van der Waals surface area contributed by atoms with Crippen molar-refractivity contribution in [3.63, 3.8) is 0 Å². The van der Waals surface area contributed by atoms with Gasteiger partial charge in [-0.05, 0) is 35.9 Å². The van der Waals surface area contributed by atoms with E-state index in [1.54, 1.807) is 30.3 Å². The van der Waals surface area contributed by atoms with Crippen LogP contribution in [0, 0.1) is 0 Å². The van der Waals surface area contributed by atoms with Crippen LogP contribution in [-0.2, 0) is 0 Å². The molecule has 0 aromatic heterocycles. The molecule has 18 heavy (non-hydrogen) atoms. The van der Waals surface area contributed by atoms with E-state index in [4.69, 9.17) is 23.2 Å². The highest BCUT2D eigenvalue weighted by atomic mass is 79.9. The first-order chi connectivity index (χ1) is 8.49. The Balaban J connectivity index is 2.70. The third-order valence-corrected chi connectivity index (χ3v) is 3.49. The van der Waals surface area contributed by atoms with Crippen molar-refractivity contribution >= 4 is 45.1 Å². The van der Waals surface area contributed by atoms with Crippen LogP contribution in [0.25, 0.3) is 11.1 Å². The fraction of sp³-hybridized carbons (Fsp3) is 0. The monoisotopic (exact) mass is 344 g/mol. The Morgan fingerprint density at radius 1 is 1.06 bits per heavy atom. The summed E-state index contributed by atoms with van der Waals surface area (Å²) in [6.07, 6.45) is 0. The molecule has 0 radical (unpaired) electrons. The van der Waals surface area contributed by atoms with Crippen molar-refractivity contribution in [2.45, 2.75) is 0 Å². The molecule has 0 saturated heterocycles. The lowest BCUT2D eigenvalue weighted by atomic mass is 10.00. The van der Waals surface area contributed by atoms with E-state index in [1.165, 1.54) is 6.07 Å². The summed E-state index contributed by atoms with van der Waals surface area (Å²) in [6, 6.07) is 9.96. The SMILES string of the molecule is O=C(O)c1cc(Br)ccc1-c1cc(Cl)ccc1Cl. The molecule has 0 heterocycles. The summed E-state index contributed by atoms with van der Waals surface area (Å²) in [5, 5.41) is 10.2. The summed E-state index contributed by atoms with van der Waals surface area (Å²) in [6.45, 7) is 0. The predicted octanol–water partition coefficient (Wildman–Crippen LogP) is 5.12. The van der Waals surface area contributed by atoms with Gasteiger partial charge in [-0.15, -0.1) is 0 Å². The van der Waals surface area contributed by atoms with E-state index in [1.807, 2.05) is 0 Å². The molecule has 92 valence electrons. The first kappa shape index (κ1) is 13.4. The Morgan fingerprint density at radius 3 is 2.44 bits per heavy atom. The molecule has 0 amide bonds. The highest BCUT2D eigenvalue weighted by Crippen LogP contribution is 2.34. The molecule has 0 aliphatic heterocycles. The number of benzene rings is 2. The second-order valence-corrected chi connectivity index (χ2v) is 5.38. The lowest BCUT2D eigenvalue weighted by Crippen LogP contribution is -1.99. The number of hydrogen-bond acceptors (Lipinski definition) is 1. The van der Waals surface area contributed by atoms with Crippen LogP contribution in [0.2, 0.25) is 10.0 Å². The molecule has 1 N–H and O–H groups in total. The van der Waals surface area contributed by atoms with Gasteiger partial charge in [0.05, 0.1) is 5.56 Å². The van der Waals surface area contributed by atoms with Crippen molar-refractivity contribution in [3.8, 4) is 11.1 Å². The molecule has 2 aromatic carbocycles. The van der Waals surface area contributed by atoms with E-state index in [0.29, 0.717) is 25.6 Å². The summed E-state index contributed by atoms with van der Waals surface area (Å²) in [5.74, 6) is -1.01. The third kappa shape index (κ3) is 2.69. The Labute approximate surface area is 122 Å². The van der Waals surface area contributed by atoms with Crippen molar-refractivity contribution < 1.29 is 9.90 Å². The average molecular weight is 346 g/mol. The molecular weight excluding hydrogens is 339 g/mol. The van der Waals surface area contributed by atoms with Crippen LogP contribution in [-0.4, -0.2) is 11.1 Å². The quantitative estimate of drug-likeness (QED) is 0.820. The van der Waals surface area contributed by atoms with E-state index < -0.39 is 5.97 Å². The summed E-state index contributed by atoms with van der Waals surface area (Å²) in [7, 11) is 0. The van der Waals surface area contributed by atoms with Crippen LogP contribution in [0.3, 0.4) is 0 Å². The molecule has 2 rings (SSSR count). The van der Waals surface area contributed by atoms with Crippen LogP contribution >= 0.6 is 39.1 Å². The number of hydrogen-bond donors (Lipinski definition) is 1. The highest BCUT2D eigenvalue weighted by molar-refractivity contribution is 9.10. The molecule has 2 aromatic rings. The van der Waals surface area contributed by atoms with Crippen molar-refractivity contribution in [1.82, 2.24) is 0 Å². The van der Waals surface area contributed by atoms with Crippen molar-refractivity contribution in [1.29, 1.82) is 0 Å². The Morgan fingerprint density at radius 2 is 1.78 bits per heavy atom. The van der Waals surface area contributed by atoms with Gasteiger partial charge in [0.2, 0.25) is 0 Å². The molecule has 0 unspecified atom stereocenters. The molecule has 0 spiro atoms. The first-order valence-electron chi connectivity index (χ1n) is 4.97. The van der Waals surface area contributed by atoms with Crippen LogP contribution in [0.5, 0.6) is 0 Å². The van der Waals surface area contributed by atoms with Crippen LogP contribution in [0.4, 0.5) is 0 Å². The van der Waals surface area contributed by atoms with E-state index in [9.17, 15) is 9.90 Å². The van der Waals surface area contributed by atoms with Gasteiger partial charge in [0.15, 0.2) is 0 Å². The minimum Gasteiger partial charge on any atom is -0.478 e. The molecule has 0 saturated carbocycles. The second kappa shape index (κ2) is 5.31. The Kier molecular flexibility index (Phi) is 3.95. The van der Waals surface area contributed by atoms with Gasteiger partial charge in [0.25, 0.3) is 0 Å². The lowest BCUT2D eigenvalue weighted by molar-refractivity contribution is 0.0697. The zero-order valence-corrected chi connectivity index (χ0v) is 12.1. The first-order valence-corrected chi connectivity index (χ1v) is 6.52. The van der Waals surface area contributed by atoms with E-state index in [-0.39, 0.29) is 5.56 Å². The van der Waals surface area contributed by atoms with Gasteiger partial charge in [0, 0.05) is 20.1 Å². The van der Waals surface area contributed by atoms with Gasteiger partial charge >= 0.3 is 5.97 Å². The van der Waals surface area contributed by atoms with E-state index in [2.05, 4.69) is 15.9 Å². The predicted molar refractivity (Wildman–Crippen MR) is 76.6 cm³/mol. The van der Waals surface area contributed by atoms with Gasteiger partial charge in [0.1, 0.15) is 0 Å². The lowest BCUT2D eigenvalue weighted by Gasteiger charge is -2.09. The normalized spacial score (nSPS) is 10.4. The standard InChI is InChI=1S/C13H7BrCl2O2/c14-7-1-3-9(11(5-7)13(17)18)10-6-8(15)2-4-12(10)16/h1-6H,(H,17,18). The van der Waals surface area contributed by atoms with E-state index >= 15 is 0 Å². The molecular formula is C13H7BrCl2O2. The van der Waals surface area contributed by atoms with Crippen LogP contribution in [0.1, 0.15) is 10.4 Å². The largest absolute Gasteiger partial charge is 0.478 e. The maximum Gasteiger partial charge on any atom is 0.336 e. The maximum absolute atomic E-state index is 11.2. The number of halogens is 3. The minimum absolute atomic E-state index is 0.175. The zero-order valence-electron chi connectivity index (χ0n) is 8.95. The van der Waals surface area contributed by atoms with E-state index in [0.717, 1.165) is 0 Å². The van der Waals surface area contributed by atoms with Crippen LogP contribution in [0.15, 0.2) is 40.9 Å². The fourth-order valence-electron chi connectivity index (χ4n) is 1.63. The second-order valence-electron chi connectivity index (χ2n) is 3.62. The van der Waals surface area contributed by atoms with Crippen molar-refractivity contribution in [3.05, 3.63) is 56.5 Å². The van der Waals surface area contributed by atoms with Gasteiger partial charge in [-0.2, -0.15) is 0 Å². The fourth-order valence-corrected chi connectivity index (χ4v) is 2.38. The third-order valence-electron chi connectivity index (χ3n) is 2.43. The van der Waals surface area contributed by atoms with Crippen molar-refractivity contribution in [2.75, 3.05) is 0 Å². The van der Waals surface area contributed by atoms with Gasteiger partial charge < -0.3 is 5.11 Å². The smallest absolute Gasteiger partial charge is 0.336 e. The number of carbonyl (C=O) groups is 1. The molecule has 5 heteroatoms. The summed E-state index contributed by atoms with van der Waals surface area (Å²) in [5.41, 5.74) is 1.32. The molecule has 0 fully saturated rings. The molecule has 2 nitrogen and oxygen atoms in total. The summed E-state index contributed by atoms with van der Waals surface area (Å²) in [4.78, 5) is 11.2. The summed E-state index contributed by atoms with van der Waals surface area (Å²) < 4.78 is 0.696. The number of carboxylic acids is 1. The number of carboxylic acid groups (broad SMARTS) is 1. The number of rotatable bonds is 2. The van der Waals surface area contributed by atoms with Crippen LogP contribution < -0.4 is 0 Å². The topological polar surface area (TPSA) is 37.3 Å². The Hall–Kier alpha value is -1.03. The highest BCUT2D eigenvalue weighted by Gasteiger charge is 2.14. The van der Waals surface area contributed by atoms with Crippen molar-refractivity contribution in [2.24, 2.45) is 0 Å². The van der Waals surface area contributed by atoms with Gasteiger partial charge in [-0.25, -0.2) is 4.79 Å². The summed E-state index contributed by atoms with van der Waals surface area (Å²) >= 11 is 15.2. The Bertz CT molecular complexity index is 626. The molecule has 0 bridgehead atoms. The maximum atomic E-state index is 11.2. The number of aromatic carboxylic acids is 1. The molecule has 0 aliphatic carbocycles.